The van der Waals surface area contributed by atoms with Crippen molar-refractivity contribution in [3.63, 3.8) is 0 Å². The van der Waals surface area contributed by atoms with Gasteiger partial charge in [-0.15, -0.1) is 12.4 Å². The number of aromatic nitrogens is 2. The van der Waals surface area contributed by atoms with Gasteiger partial charge in [-0.05, 0) is 25.7 Å². The van der Waals surface area contributed by atoms with Gasteiger partial charge in [-0.3, -0.25) is 4.79 Å². The number of rotatable bonds is 7. The van der Waals surface area contributed by atoms with Crippen LogP contribution in [0.25, 0.3) is 0 Å². The van der Waals surface area contributed by atoms with E-state index in [9.17, 15) is 4.79 Å². The molecule has 0 saturated heterocycles. The molecule has 5 nitrogen and oxygen atoms in total. The number of halogens is 1. The number of amides is 1. The Kier molecular flexibility index (Phi) is 8.43. The van der Waals surface area contributed by atoms with Gasteiger partial charge in [0.25, 0.3) is 0 Å². The first-order chi connectivity index (χ1) is 8.52. The van der Waals surface area contributed by atoms with E-state index < -0.39 is 6.04 Å². The molecule has 0 unspecified atom stereocenters. The van der Waals surface area contributed by atoms with Crippen LogP contribution in [-0.4, -0.2) is 28.0 Å². The van der Waals surface area contributed by atoms with Crippen molar-refractivity contribution in [3.05, 3.63) is 18.2 Å². The number of nitrogens with one attached hydrogen (secondary N) is 1. The molecule has 1 atom stereocenters. The predicted molar refractivity (Wildman–Crippen MR) is 79.3 cm³/mol. The van der Waals surface area contributed by atoms with E-state index in [2.05, 4.69) is 14.9 Å². The first-order valence-corrected chi connectivity index (χ1v) is 6.53. The van der Waals surface area contributed by atoms with Crippen molar-refractivity contribution < 1.29 is 4.79 Å². The molecule has 1 amide bonds. The summed E-state index contributed by atoms with van der Waals surface area (Å²) in [6, 6.07) is -0.402. The smallest absolute Gasteiger partial charge is 0.237 e. The molecular weight excluding hydrogens is 264 g/mol. The van der Waals surface area contributed by atoms with E-state index in [-0.39, 0.29) is 24.2 Å². The molecule has 0 saturated carbocycles. The predicted octanol–water partition coefficient (Wildman–Crippen LogP) is 1.49. The molecule has 0 bridgehead atoms. The second kappa shape index (κ2) is 8.93. The van der Waals surface area contributed by atoms with E-state index in [0.717, 1.165) is 25.2 Å². The molecule has 6 heteroatoms. The van der Waals surface area contributed by atoms with Gasteiger partial charge in [0.1, 0.15) is 5.82 Å². The van der Waals surface area contributed by atoms with Gasteiger partial charge >= 0.3 is 0 Å². The average Bonchev–Trinajstić information content (AvgIpc) is 2.73. The van der Waals surface area contributed by atoms with Crippen LogP contribution >= 0.6 is 12.4 Å². The number of nitrogens with two attached hydrogens (primary N) is 1. The van der Waals surface area contributed by atoms with Crippen molar-refractivity contribution >= 4 is 18.3 Å². The third-order valence-corrected chi connectivity index (χ3v) is 3.07. The zero-order valence-electron chi connectivity index (χ0n) is 11.9. The van der Waals surface area contributed by atoms with Gasteiger partial charge < -0.3 is 15.6 Å². The summed E-state index contributed by atoms with van der Waals surface area (Å²) in [5.74, 6) is 1.16. The quantitative estimate of drug-likeness (QED) is 0.747. The molecular formula is C13H25ClN4O. The molecule has 0 aliphatic heterocycles. The maximum absolute atomic E-state index is 11.6. The second-order valence-corrected chi connectivity index (χ2v) is 4.94. The Hall–Kier alpha value is -1.07. The molecule has 1 aromatic heterocycles. The van der Waals surface area contributed by atoms with Gasteiger partial charge in [-0.1, -0.05) is 13.8 Å². The lowest BCUT2D eigenvalue weighted by molar-refractivity contribution is -0.123. The Morgan fingerprint density at radius 2 is 2.16 bits per heavy atom. The summed E-state index contributed by atoms with van der Waals surface area (Å²) in [6.45, 7) is 7.52. The molecule has 19 heavy (non-hydrogen) atoms. The maximum atomic E-state index is 11.6. The molecule has 0 radical (unpaired) electrons. The Morgan fingerprint density at radius 3 is 2.68 bits per heavy atom. The molecule has 1 heterocycles. The zero-order valence-corrected chi connectivity index (χ0v) is 12.7. The molecule has 0 aliphatic rings. The normalized spacial score (nSPS) is 12.1. The zero-order chi connectivity index (χ0) is 13.5. The van der Waals surface area contributed by atoms with Crippen molar-refractivity contribution in [1.82, 2.24) is 14.9 Å². The summed E-state index contributed by atoms with van der Waals surface area (Å²) in [6.07, 6.45) is 5.75. The molecule has 110 valence electrons. The van der Waals surface area contributed by atoms with E-state index >= 15 is 0 Å². The van der Waals surface area contributed by atoms with Crippen LogP contribution in [0.15, 0.2) is 12.4 Å². The van der Waals surface area contributed by atoms with Crippen molar-refractivity contribution in [3.8, 4) is 0 Å². The first kappa shape index (κ1) is 17.9. The standard InChI is InChI=1S/C13H24N4O.ClH/c1-10(2)12(14)13(18)16-6-4-5-8-17-9-7-15-11(17)3;/h7,9-10,12H,4-6,8,14H2,1-3H3,(H,16,18);1H/t12-;/m0./s1. The highest BCUT2D eigenvalue weighted by Crippen LogP contribution is 2.00. The molecule has 0 aliphatic carbocycles. The van der Waals surface area contributed by atoms with Crippen LogP contribution in [0.5, 0.6) is 0 Å². The molecule has 1 aromatic rings. The highest BCUT2D eigenvalue weighted by Gasteiger charge is 2.15. The van der Waals surface area contributed by atoms with Crippen LogP contribution in [0.2, 0.25) is 0 Å². The molecule has 1 rings (SSSR count). The lowest BCUT2D eigenvalue weighted by Crippen LogP contribution is -2.44. The lowest BCUT2D eigenvalue weighted by Gasteiger charge is -2.15. The third-order valence-electron chi connectivity index (χ3n) is 3.07. The topological polar surface area (TPSA) is 72.9 Å². The largest absolute Gasteiger partial charge is 0.355 e. The number of aryl methyl sites for hydroxylation is 2. The van der Waals surface area contributed by atoms with Crippen LogP contribution in [0, 0.1) is 12.8 Å². The monoisotopic (exact) mass is 288 g/mol. The minimum atomic E-state index is -0.402. The Balaban J connectivity index is 0.00000324. The van der Waals surface area contributed by atoms with Crippen molar-refractivity contribution in [2.75, 3.05) is 6.54 Å². The fourth-order valence-corrected chi connectivity index (χ4v) is 1.68. The van der Waals surface area contributed by atoms with Crippen LogP contribution in [0.1, 0.15) is 32.5 Å². The number of imidazole rings is 1. The number of hydrogen-bond donors (Lipinski definition) is 2. The Morgan fingerprint density at radius 1 is 1.47 bits per heavy atom. The number of carbonyl (C=O) groups is 1. The number of carbonyl (C=O) groups excluding carboxylic acids is 1. The minimum absolute atomic E-state index is 0. The fourth-order valence-electron chi connectivity index (χ4n) is 1.68. The Labute approximate surface area is 121 Å². The summed E-state index contributed by atoms with van der Waals surface area (Å²) < 4.78 is 2.11. The van der Waals surface area contributed by atoms with Crippen LogP contribution in [0.3, 0.4) is 0 Å². The SMILES string of the molecule is Cc1nccn1CCCCNC(=O)[C@@H](N)C(C)C.Cl. The first-order valence-electron chi connectivity index (χ1n) is 6.53. The van der Waals surface area contributed by atoms with E-state index in [4.69, 9.17) is 5.73 Å². The van der Waals surface area contributed by atoms with Crippen molar-refractivity contribution in [2.24, 2.45) is 11.7 Å². The lowest BCUT2D eigenvalue weighted by atomic mass is 10.1. The second-order valence-electron chi connectivity index (χ2n) is 4.94. The van der Waals surface area contributed by atoms with E-state index in [1.807, 2.05) is 27.0 Å². The molecule has 0 fully saturated rings. The summed E-state index contributed by atoms with van der Waals surface area (Å²) in [5, 5.41) is 2.87. The number of unbranched alkanes of at least 4 members (excludes halogenated alkanes) is 1. The highest BCUT2D eigenvalue weighted by molar-refractivity contribution is 5.85. The van der Waals surface area contributed by atoms with Crippen LogP contribution in [-0.2, 0) is 11.3 Å². The summed E-state index contributed by atoms with van der Waals surface area (Å²) in [4.78, 5) is 15.7. The van der Waals surface area contributed by atoms with E-state index in [0.29, 0.717) is 6.54 Å². The van der Waals surface area contributed by atoms with Gasteiger partial charge in [0.15, 0.2) is 0 Å². The van der Waals surface area contributed by atoms with Gasteiger partial charge in [0.05, 0.1) is 6.04 Å². The third kappa shape index (κ3) is 6.07. The van der Waals surface area contributed by atoms with Crippen molar-refractivity contribution in [2.45, 2.75) is 46.2 Å². The van der Waals surface area contributed by atoms with Crippen LogP contribution < -0.4 is 11.1 Å². The molecule has 3 N–H and O–H groups in total. The molecule has 0 spiro atoms. The maximum Gasteiger partial charge on any atom is 0.237 e. The highest BCUT2D eigenvalue weighted by atomic mass is 35.5. The molecule has 0 aromatic carbocycles. The average molecular weight is 289 g/mol. The Bertz CT molecular complexity index is 378. The number of nitrogens with zero attached hydrogens (tertiary/aromatic N) is 2. The van der Waals surface area contributed by atoms with E-state index in [1.54, 1.807) is 6.20 Å². The fraction of sp³-hybridized carbons (Fsp3) is 0.692. The summed E-state index contributed by atoms with van der Waals surface area (Å²) in [7, 11) is 0. The van der Waals surface area contributed by atoms with Gasteiger partial charge in [-0.2, -0.15) is 0 Å². The van der Waals surface area contributed by atoms with E-state index in [1.165, 1.54) is 0 Å². The minimum Gasteiger partial charge on any atom is -0.355 e. The van der Waals surface area contributed by atoms with Gasteiger partial charge in [0.2, 0.25) is 5.91 Å². The van der Waals surface area contributed by atoms with Crippen LogP contribution in [0.4, 0.5) is 0 Å². The van der Waals surface area contributed by atoms with Gasteiger partial charge in [0, 0.05) is 25.5 Å². The summed E-state index contributed by atoms with van der Waals surface area (Å²) in [5.41, 5.74) is 5.75. The van der Waals surface area contributed by atoms with Gasteiger partial charge in [-0.25, -0.2) is 4.98 Å². The summed E-state index contributed by atoms with van der Waals surface area (Å²) >= 11 is 0. The van der Waals surface area contributed by atoms with Crippen molar-refractivity contribution in [1.29, 1.82) is 0 Å². The number of hydrogen-bond acceptors (Lipinski definition) is 3.